The van der Waals surface area contributed by atoms with Crippen molar-refractivity contribution < 1.29 is 76.6 Å². The molecule has 468 valence electrons. The van der Waals surface area contributed by atoms with E-state index in [0.717, 1.165) is 38.5 Å². The fourth-order valence-electron chi connectivity index (χ4n) is 8.65. The molecule has 22 heteroatoms. The Morgan fingerprint density at radius 1 is 0.651 bits per heavy atom. The van der Waals surface area contributed by atoms with Gasteiger partial charge in [0.05, 0.1) is 34.2 Å². The Morgan fingerprint density at radius 3 is 1.78 bits per heavy atom. The maximum Gasteiger partial charge on any atom is 0.377 e. The van der Waals surface area contributed by atoms with Crippen LogP contribution in [0, 0.1) is 5.92 Å². The van der Waals surface area contributed by atoms with Gasteiger partial charge in [-0.15, -0.1) is 0 Å². The molecule has 2 aromatic rings. The van der Waals surface area contributed by atoms with E-state index in [4.69, 9.17) is 18.5 Å². The molecule has 7 N–H and O–H groups in total. The third kappa shape index (κ3) is 38.8. The molecule has 0 heterocycles. The summed E-state index contributed by atoms with van der Waals surface area (Å²) in [7, 11) is 1.23. The van der Waals surface area contributed by atoms with Crippen LogP contribution in [0.2, 0.25) is 0 Å². The van der Waals surface area contributed by atoms with Crippen LogP contribution in [0.1, 0.15) is 173 Å². The number of rotatable bonds is 48. The number of aromatic hydroxyl groups is 1. The molecule has 2 rings (SSSR count). The highest BCUT2D eigenvalue weighted by atomic mass is 31.2. The zero-order valence-corrected chi connectivity index (χ0v) is 51.4. The van der Waals surface area contributed by atoms with Crippen LogP contribution in [0.15, 0.2) is 59.6 Å². The molecule has 2 aromatic carbocycles. The molecule has 0 saturated heterocycles. The van der Waals surface area contributed by atoms with Crippen molar-refractivity contribution in [3.63, 3.8) is 0 Å². The minimum atomic E-state index is -4.49. The van der Waals surface area contributed by atoms with Crippen molar-refractivity contribution in [2.24, 2.45) is 10.9 Å². The molecule has 0 aromatic heterocycles. The lowest BCUT2D eigenvalue weighted by Gasteiger charge is -2.26. The number of unbranched alkanes of at least 4 members (excludes halogenated alkanes) is 17. The number of phosphoric acid groups is 1. The van der Waals surface area contributed by atoms with Gasteiger partial charge < -0.3 is 50.3 Å². The summed E-state index contributed by atoms with van der Waals surface area (Å²) in [5.41, 5.74) is 1.43. The van der Waals surface area contributed by atoms with Gasteiger partial charge in [-0.05, 0) is 67.5 Å². The number of likely N-dealkylation sites (N-methyl/N-ethyl adjacent to an activating group) is 1. The summed E-state index contributed by atoms with van der Waals surface area (Å²) in [6, 6.07) is 11.9. The van der Waals surface area contributed by atoms with Crippen LogP contribution >= 0.6 is 8.17 Å². The molecule has 0 saturated carbocycles. The number of carboxylic acid groups (broad SMARTS) is 1. The smallest absolute Gasteiger partial charge is 0.377 e. The first-order chi connectivity index (χ1) is 39.5. The molecule has 5 atom stereocenters. The molecule has 0 aliphatic rings. The van der Waals surface area contributed by atoms with E-state index in [9.17, 15) is 53.6 Å². The number of amides is 4. The summed E-state index contributed by atoms with van der Waals surface area (Å²) in [6.07, 6.45) is 20.5. The number of aliphatic carboxylic acids is 1. The number of nitrogens with zero attached hydrogens (tertiary/aromatic N) is 2. The van der Waals surface area contributed by atoms with Crippen molar-refractivity contribution >= 4 is 55.9 Å². The lowest BCUT2D eigenvalue weighted by Crippen LogP contribution is -2.54. The van der Waals surface area contributed by atoms with Crippen molar-refractivity contribution in [2.45, 2.75) is 199 Å². The number of hydrogen-bond donors (Lipinski definition) is 7. The minimum Gasteiger partial charge on any atom is -0.606 e. The third-order valence-corrected chi connectivity index (χ3v) is 14.4. The molecule has 4 amide bonds. The molecule has 0 aliphatic carbocycles. The quantitative estimate of drug-likeness (QED) is 0.0112. The van der Waals surface area contributed by atoms with Crippen LogP contribution in [0.4, 0.5) is 0 Å². The van der Waals surface area contributed by atoms with E-state index < -0.39 is 93.6 Å². The van der Waals surface area contributed by atoms with Gasteiger partial charge >= 0.3 is 26.1 Å². The first kappa shape index (κ1) is 73.5. The van der Waals surface area contributed by atoms with E-state index >= 15 is 0 Å². The van der Waals surface area contributed by atoms with E-state index in [1.807, 2.05) is 35.0 Å². The predicted molar refractivity (Wildman–Crippen MR) is 319 cm³/mol. The largest absolute Gasteiger partial charge is 0.606 e. The van der Waals surface area contributed by atoms with Crippen LogP contribution in [0.25, 0.3) is 0 Å². The van der Waals surface area contributed by atoms with Gasteiger partial charge in [-0.1, -0.05) is 160 Å². The van der Waals surface area contributed by atoms with Gasteiger partial charge in [0.2, 0.25) is 23.6 Å². The standard InChI is InChI=1S/C61H99N6O15P/c1-7-8-9-10-11-12-13-14-15-16-17-20-26-31-57(71)79-45-51(46-81-83(77,78)80-39-38-67(4,5)6)82-58(72)32-27-21-18-19-22-28-37-62-52(41-49-33-35-50(68)36-34-49)59(73)64-43-55(69)63-44-56(70)65-53(42-48-29-24-23-25-30-48)60(74)66-54(61(75)76)40-47(2)3/h23-25,29-30,33-37,47,51-54H,7-22,26-28,31-32,38-46H2,1-6H3,(H6-,63,64,65,66,68,69,70,73,74,75,76,77,78)/p+1/t51?,52-,53-,54-/m0/s1. The summed E-state index contributed by atoms with van der Waals surface area (Å²) in [5, 5.41) is 29.6. The predicted octanol–water partition coefficient (Wildman–Crippen LogP) is 7.39. The monoisotopic (exact) mass is 1190 g/mol. The number of esters is 2. The maximum absolute atomic E-state index is 13.4. The number of quaternary nitrogens is 1. The van der Waals surface area contributed by atoms with Gasteiger partial charge in [0.1, 0.15) is 50.2 Å². The van der Waals surface area contributed by atoms with Crippen LogP contribution in [0.3, 0.4) is 0 Å². The number of benzene rings is 2. The van der Waals surface area contributed by atoms with Crippen LogP contribution < -0.4 is 26.2 Å². The van der Waals surface area contributed by atoms with Gasteiger partial charge in [0, 0.05) is 25.7 Å². The number of phenolic OH excluding ortho intramolecular Hbond substituents is 1. The Balaban J connectivity index is 1.85. The van der Waals surface area contributed by atoms with Crippen molar-refractivity contribution in [1.82, 2.24) is 21.3 Å². The average Bonchev–Trinajstić information content (AvgIpc) is 3.43. The number of carboxylic acids is 1. The fourth-order valence-corrected chi connectivity index (χ4v) is 9.39. The van der Waals surface area contributed by atoms with Gasteiger partial charge in [-0.3, -0.25) is 33.8 Å². The SMILES string of the molecule is CCCCCCCCCCCCCCCC(=O)OCC(CO[P+]([O-])(O)OCC[N+](C)(C)C)OC(=O)CCCCCCCC=N[C@@H](Cc1ccc(O)cc1)C(=O)NCC(=O)NCC(=O)N[C@@H](Cc1ccccc1)C(=O)N[C@@H](CC(C)C)C(=O)O. The molecule has 0 bridgehead atoms. The van der Waals surface area contributed by atoms with Gasteiger partial charge in [-0.2, -0.15) is 13.9 Å². The van der Waals surface area contributed by atoms with E-state index in [2.05, 4.69) is 33.2 Å². The number of phenols is 1. The molecule has 83 heavy (non-hydrogen) atoms. The number of aliphatic imine (C=N–C) groups is 1. The molecule has 0 fully saturated rings. The Morgan fingerprint density at radius 2 is 1.20 bits per heavy atom. The zero-order valence-electron chi connectivity index (χ0n) is 50.5. The Labute approximate surface area is 494 Å². The summed E-state index contributed by atoms with van der Waals surface area (Å²) in [5.74, 6) is -4.84. The number of phosphoric ester groups is 1. The second-order valence-corrected chi connectivity index (χ2v) is 24.2. The first-order valence-corrected chi connectivity index (χ1v) is 31.5. The lowest BCUT2D eigenvalue weighted by molar-refractivity contribution is -0.870. The molecule has 0 aliphatic heterocycles. The van der Waals surface area contributed by atoms with Gasteiger partial charge in [0.15, 0.2) is 6.10 Å². The second-order valence-electron chi connectivity index (χ2n) is 22.8. The van der Waals surface area contributed by atoms with E-state index in [1.54, 1.807) is 48.7 Å². The summed E-state index contributed by atoms with van der Waals surface area (Å²) in [6.45, 7) is 4.43. The normalized spacial score (nSPS) is 13.8. The van der Waals surface area contributed by atoms with Crippen molar-refractivity contribution in [3.05, 3.63) is 65.7 Å². The van der Waals surface area contributed by atoms with Crippen molar-refractivity contribution in [2.75, 3.05) is 60.6 Å². The molecule has 2 unspecified atom stereocenters. The van der Waals surface area contributed by atoms with Gasteiger partial charge in [0.25, 0.3) is 0 Å². The highest BCUT2D eigenvalue weighted by Crippen LogP contribution is 2.47. The highest BCUT2D eigenvalue weighted by molar-refractivity contribution is 7.52. The maximum atomic E-state index is 13.4. The third-order valence-electron chi connectivity index (χ3n) is 13.4. The lowest BCUT2D eigenvalue weighted by atomic mass is 10.0. The minimum absolute atomic E-state index is 0.0263. The number of carbonyl (C=O) groups excluding carboxylic acids is 6. The second kappa shape index (κ2) is 43.1. The Kier molecular flexibility index (Phi) is 38.2. The van der Waals surface area contributed by atoms with Crippen molar-refractivity contribution in [1.29, 1.82) is 0 Å². The number of nitrogens with one attached hydrogen (secondary N) is 4. The summed E-state index contributed by atoms with van der Waals surface area (Å²) >= 11 is 0. The Bertz CT molecular complexity index is 2200. The first-order valence-electron chi connectivity index (χ1n) is 30.0. The van der Waals surface area contributed by atoms with Crippen LogP contribution in [-0.2, 0) is 64.9 Å². The molecule has 21 nitrogen and oxygen atoms in total. The van der Waals surface area contributed by atoms with Gasteiger partial charge in [-0.25, -0.2) is 4.79 Å². The number of carbonyl (C=O) groups is 7. The molecule has 0 radical (unpaired) electrons. The summed E-state index contributed by atoms with van der Waals surface area (Å²) in [4.78, 5) is 118. The molecule has 0 spiro atoms. The van der Waals surface area contributed by atoms with Crippen LogP contribution in [-0.4, -0.2) is 152 Å². The number of hydrogen-bond acceptors (Lipinski definition) is 15. The molecular formula is C61H100N6O15P+. The average molecular weight is 1190 g/mol. The topological polar surface area (TPSA) is 301 Å². The van der Waals surface area contributed by atoms with Crippen molar-refractivity contribution in [3.8, 4) is 5.75 Å². The summed E-state index contributed by atoms with van der Waals surface area (Å²) < 4.78 is 21.8. The fraction of sp³-hybridized carbons (Fsp3) is 0.672. The highest BCUT2D eigenvalue weighted by Gasteiger charge is 2.32. The molecular weight excluding hydrogens is 1090 g/mol. The van der Waals surface area contributed by atoms with E-state index in [0.29, 0.717) is 47.8 Å². The zero-order chi connectivity index (χ0) is 61.3. The van der Waals surface area contributed by atoms with E-state index in [1.165, 1.54) is 69.9 Å². The van der Waals surface area contributed by atoms with Crippen LogP contribution in [0.5, 0.6) is 5.75 Å². The Hall–Kier alpha value is -5.57. The van der Waals surface area contributed by atoms with E-state index in [-0.39, 0.29) is 57.0 Å². The number of ether oxygens (including phenoxy) is 2.